The van der Waals surface area contributed by atoms with Crippen molar-refractivity contribution < 1.29 is 13.2 Å². The fourth-order valence-corrected chi connectivity index (χ4v) is 5.54. The van der Waals surface area contributed by atoms with E-state index in [-0.39, 0.29) is 0 Å². The van der Waals surface area contributed by atoms with Crippen molar-refractivity contribution in [3.05, 3.63) is 72.1 Å². The molecule has 200 valence electrons. The van der Waals surface area contributed by atoms with E-state index < -0.39 is 10.0 Å². The highest BCUT2D eigenvalue weighted by atomic mass is 32.2. The molecule has 0 aliphatic carbocycles. The summed E-state index contributed by atoms with van der Waals surface area (Å²) in [7, 11) is 2.03. The highest BCUT2D eigenvalue weighted by Crippen LogP contribution is 2.34. The van der Waals surface area contributed by atoms with Crippen molar-refractivity contribution in [1.29, 1.82) is 0 Å². The number of fused-ring (bicyclic) bond motifs is 1. The van der Waals surface area contributed by atoms with Gasteiger partial charge < -0.3 is 19.5 Å². The number of para-hydroxylation sites is 1. The number of methoxy groups -OCH3 is 1. The molecule has 0 atom stereocenters. The van der Waals surface area contributed by atoms with Crippen LogP contribution in [0.1, 0.15) is 29.9 Å². The van der Waals surface area contributed by atoms with Gasteiger partial charge in [-0.05, 0) is 74.3 Å². The van der Waals surface area contributed by atoms with Crippen LogP contribution < -0.4 is 14.4 Å². The summed E-state index contributed by atoms with van der Waals surface area (Å²) in [6.45, 7) is 2.68. The van der Waals surface area contributed by atoms with Gasteiger partial charge in [0.05, 0.1) is 31.3 Å². The molecule has 4 aromatic rings. The number of nitrogens with zero attached hydrogens (tertiary/aromatic N) is 5. The number of piperidine rings is 1. The van der Waals surface area contributed by atoms with Crippen molar-refractivity contribution in [2.45, 2.75) is 25.3 Å². The molecule has 9 nitrogen and oxygen atoms in total. The van der Waals surface area contributed by atoms with Crippen LogP contribution >= 0.6 is 0 Å². The first kappa shape index (κ1) is 26.0. The van der Waals surface area contributed by atoms with E-state index in [4.69, 9.17) is 9.72 Å². The predicted octanol–water partition coefficient (Wildman–Crippen LogP) is 4.44. The Morgan fingerprint density at radius 2 is 1.89 bits per heavy atom. The second-order valence-electron chi connectivity index (χ2n) is 9.94. The van der Waals surface area contributed by atoms with E-state index in [0.29, 0.717) is 24.1 Å². The number of aromatic nitrogens is 3. The summed E-state index contributed by atoms with van der Waals surface area (Å²) in [4.78, 5) is 11.7. The van der Waals surface area contributed by atoms with Gasteiger partial charge >= 0.3 is 0 Å². The maximum atomic E-state index is 12.2. The summed E-state index contributed by atoms with van der Waals surface area (Å²) < 4.78 is 33.4. The van der Waals surface area contributed by atoms with Crippen molar-refractivity contribution in [2.24, 2.45) is 0 Å². The number of nitrogens with one attached hydrogen (secondary N) is 1. The van der Waals surface area contributed by atoms with Gasteiger partial charge in [-0.3, -0.25) is 4.31 Å². The van der Waals surface area contributed by atoms with E-state index in [1.165, 1.54) is 16.1 Å². The fraction of sp³-hybridized carbons (Fsp3) is 0.357. The number of hydrogen-bond acceptors (Lipinski definition) is 7. The van der Waals surface area contributed by atoms with Crippen LogP contribution in [-0.4, -0.2) is 68.4 Å². The first-order valence-electron chi connectivity index (χ1n) is 12.7. The summed E-state index contributed by atoms with van der Waals surface area (Å²) >= 11 is 0. The fourth-order valence-electron chi connectivity index (χ4n) is 5.00. The van der Waals surface area contributed by atoms with Crippen LogP contribution in [0.2, 0.25) is 0 Å². The average molecular weight is 535 g/mol. The Labute approximate surface area is 224 Å². The third-order valence-electron chi connectivity index (χ3n) is 7.33. The lowest BCUT2D eigenvalue weighted by Gasteiger charge is -2.29. The zero-order valence-electron chi connectivity index (χ0n) is 22.3. The number of hydrogen-bond donors (Lipinski definition) is 1. The van der Waals surface area contributed by atoms with Crippen molar-refractivity contribution in [1.82, 2.24) is 19.4 Å². The molecule has 0 bridgehead atoms. The highest BCUT2D eigenvalue weighted by molar-refractivity contribution is 7.92. The van der Waals surface area contributed by atoms with E-state index in [9.17, 15) is 8.42 Å². The normalized spacial score (nSPS) is 15.1. The standard InChI is InChI=1S/C28H34N6O3S/c1-32-14-11-20(12-15-32)21-9-10-24(26(17-21)37-3)30-28-29-18-22-13-16-34(27(22)31-28)19-23-7-5-6-8-25(23)33(2)38(4,35)36/h5-10,13,16-18,20H,11-12,14-15,19H2,1-4H3,(H,29,30,31). The third kappa shape index (κ3) is 5.46. The Morgan fingerprint density at radius 1 is 1.13 bits per heavy atom. The predicted molar refractivity (Wildman–Crippen MR) is 152 cm³/mol. The molecule has 0 spiro atoms. The summed E-state index contributed by atoms with van der Waals surface area (Å²) in [5.41, 5.74) is 4.36. The summed E-state index contributed by atoms with van der Waals surface area (Å²) in [5.74, 6) is 1.76. The number of rotatable bonds is 8. The largest absolute Gasteiger partial charge is 0.495 e. The van der Waals surface area contributed by atoms with Crippen LogP contribution in [0.25, 0.3) is 11.0 Å². The minimum atomic E-state index is -3.39. The van der Waals surface area contributed by atoms with E-state index in [2.05, 4.69) is 34.4 Å². The molecular weight excluding hydrogens is 500 g/mol. The van der Waals surface area contributed by atoms with Crippen molar-refractivity contribution in [2.75, 3.05) is 50.2 Å². The van der Waals surface area contributed by atoms with Gasteiger partial charge in [-0.1, -0.05) is 24.3 Å². The van der Waals surface area contributed by atoms with Crippen LogP contribution in [0.5, 0.6) is 5.75 Å². The number of ether oxygens (including phenoxy) is 1. The molecule has 1 aliphatic heterocycles. The van der Waals surface area contributed by atoms with E-state index >= 15 is 0 Å². The van der Waals surface area contributed by atoms with Gasteiger partial charge in [0.2, 0.25) is 16.0 Å². The van der Waals surface area contributed by atoms with Gasteiger partial charge in [-0.25, -0.2) is 13.4 Å². The van der Waals surface area contributed by atoms with E-state index in [1.807, 2.05) is 47.2 Å². The Kier molecular flexibility index (Phi) is 7.27. The highest BCUT2D eigenvalue weighted by Gasteiger charge is 2.20. The zero-order valence-corrected chi connectivity index (χ0v) is 23.1. The van der Waals surface area contributed by atoms with Crippen molar-refractivity contribution in [3.8, 4) is 5.75 Å². The van der Waals surface area contributed by atoms with Gasteiger partial charge in [-0.2, -0.15) is 4.98 Å². The lowest BCUT2D eigenvalue weighted by Crippen LogP contribution is -2.29. The van der Waals surface area contributed by atoms with Crippen LogP contribution in [0.15, 0.2) is 60.9 Å². The summed E-state index contributed by atoms with van der Waals surface area (Å²) in [5, 5.41) is 4.22. The SMILES string of the molecule is COc1cc(C2CCN(C)CC2)ccc1Nc1ncc2ccn(Cc3ccccc3N(C)S(C)(=O)=O)c2n1. The Morgan fingerprint density at radius 3 is 2.63 bits per heavy atom. The maximum Gasteiger partial charge on any atom is 0.232 e. The molecule has 0 radical (unpaired) electrons. The summed E-state index contributed by atoms with van der Waals surface area (Å²) in [6.07, 6.45) is 7.22. The van der Waals surface area contributed by atoms with Crippen LogP contribution in [-0.2, 0) is 16.6 Å². The first-order valence-corrected chi connectivity index (χ1v) is 14.5. The monoisotopic (exact) mass is 534 g/mol. The number of benzene rings is 2. The van der Waals surface area contributed by atoms with Gasteiger partial charge in [0.25, 0.3) is 0 Å². The lowest BCUT2D eigenvalue weighted by atomic mass is 9.89. The molecule has 1 saturated heterocycles. The van der Waals surface area contributed by atoms with E-state index in [0.717, 1.165) is 54.0 Å². The van der Waals surface area contributed by atoms with Gasteiger partial charge in [0.1, 0.15) is 11.4 Å². The zero-order chi connectivity index (χ0) is 26.9. The van der Waals surface area contributed by atoms with Gasteiger partial charge in [0, 0.05) is 24.8 Å². The molecule has 5 rings (SSSR count). The molecule has 3 heterocycles. The molecular formula is C28H34N6O3S. The quantitative estimate of drug-likeness (QED) is 0.357. The number of sulfonamides is 1. The maximum absolute atomic E-state index is 12.2. The molecule has 1 fully saturated rings. The van der Waals surface area contributed by atoms with Crippen LogP contribution in [0, 0.1) is 0 Å². The smallest absolute Gasteiger partial charge is 0.232 e. The first-order chi connectivity index (χ1) is 18.2. The van der Waals surface area contributed by atoms with E-state index in [1.54, 1.807) is 20.4 Å². The molecule has 0 unspecified atom stereocenters. The van der Waals surface area contributed by atoms with Crippen molar-refractivity contribution >= 4 is 38.4 Å². The molecule has 1 N–H and O–H groups in total. The van der Waals surface area contributed by atoms with Crippen LogP contribution in [0.4, 0.5) is 17.3 Å². The second kappa shape index (κ2) is 10.6. The molecule has 2 aromatic carbocycles. The minimum Gasteiger partial charge on any atom is -0.495 e. The molecule has 1 aliphatic rings. The number of likely N-dealkylation sites (tertiary alicyclic amines) is 1. The Balaban J connectivity index is 1.40. The second-order valence-corrected chi connectivity index (χ2v) is 12.0. The molecule has 10 heteroatoms. The summed E-state index contributed by atoms with van der Waals surface area (Å²) in [6, 6.07) is 15.8. The Hall–Kier alpha value is -3.63. The van der Waals surface area contributed by atoms with Crippen LogP contribution in [0.3, 0.4) is 0 Å². The number of anilines is 3. The Bertz CT molecular complexity index is 1540. The molecule has 2 aromatic heterocycles. The minimum absolute atomic E-state index is 0.462. The van der Waals surface area contributed by atoms with Gasteiger partial charge in [0.15, 0.2) is 0 Å². The third-order valence-corrected chi connectivity index (χ3v) is 8.52. The topological polar surface area (TPSA) is 92.6 Å². The lowest BCUT2D eigenvalue weighted by molar-refractivity contribution is 0.255. The molecule has 0 amide bonds. The average Bonchev–Trinajstić information content (AvgIpc) is 3.30. The molecule has 0 saturated carbocycles. The van der Waals surface area contributed by atoms with Crippen molar-refractivity contribution in [3.63, 3.8) is 0 Å². The molecule has 38 heavy (non-hydrogen) atoms. The van der Waals surface area contributed by atoms with Gasteiger partial charge in [-0.15, -0.1) is 0 Å².